The Labute approximate surface area is 265 Å². The Kier molecular flexibility index (Phi) is 6.58. The van der Waals surface area contributed by atoms with Crippen LogP contribution in [0.5, 0.6) is 0 Å². The van der Waals surface area contributed by atoms with Crippen LogP contribution in [0.3, 0.4) is 0 Å². The van der Waals surface area contributed by atoms with E-state index >= 15 is 0 Å². The van der Waals surface area contributed by atoms with Gasteiger partial charge in [-0.1, -0.05) is 133 Å². The highest BCUT2D eigenvalue weighted by atomic mass is 16.3. The smallest absolute Gasteiger partial charge is 0.138 e. The van der Waals surface area contributed by atoms with Gasteiger partial charge in [0.05, 0.1) is 0 Å². The lowest BCUT2D eigenvalue weighted by molar-refractivity contribution is 0.351. The van der Waals surface area contributed by atoms with E-state index < -0.39 is 0 Å². The molecule has 0 radical (unpaired) electrons. The number of rotatable bonds is 4. The predicted octanol–water partition coefficient (Wildman–Crippen LogP) is 12.0. The van der Waals surface area contributed by atoms with Gasteiger partial charge in [0, 0.05) is 16.9 Å². The van der Waals surface area contributed by atoms with Crippen molar-refractivity contribution < 1.29 is 4.42 Å². The summed E-state index contributed by atoms with van der Waals surface area (Å²) in [5.74, 6) is 3.36. The molecule has 1 aromatic heterocycles. The fourth-order valence-electron chi connectivity index (χ4n) is 8.91. The van der Waals surface area contributed by atoms with Crippen molar-refractivity contribution in [3.63, 3.8) is 0 Å². The summed E-state index contributed by atoms with van der Waals surface area (Å²) in [5.41, 5.74) is 9.58. The van der Waals surface area contributed by atoms with E-state index in [0.717, 1.165) is 30.6 Å². The zero-order chi connectivity index (χ0) is 29.7. The highest BCUT2D eigenvalue weighted by Gasteiger charge is 2.38. The molecular weight excluding hydrogens is 544 g/mol. The second-order valence-corrected chi connectivity index (χ2v) is 13.5. The summed E-state index contributed by atoms with van der Waals surface area (Å²) < 4.78 is 7.01. The van der Waals surface area contributed by atoms with E-state index in [1.165, 1.54) is 62.4 Å². The van der Waals surface area contributed by atoms with Gasteiger partial charge >= 0.3 is 0 Å². The van der Waals surface area contributed by atoms with E-state index in [-0.39, 0.29) is 0 Å². The standard InChI is InChI=1S/C44H38O/c1-3-12-29(13-4-1)34-25-35(33-23-22-30-14-7-8-17-32(30)24-33)27-36(26-34)37-20-11-21-40-43-39-19-10-9-18-38(39)41(28-42(43)45-44(37)40)31-15-5-2-6-16-31/h1-9,11-18,20-24,28,34-36,38-39H,10,19,25-27H2. The minimum absolute atomic E-state index is 0.396. The molecule has 0 aliphatic heterocycles. The Morgan fingerprint density at radius 1 is 0.600 bits per heavy atom. The Morgan fingerprint density at radius 2 is 1.33 bits per heavy atom. The van der Waals surface area contributed by atoms with E-state index in [1.54, 1.807) is 0 Å². The molecule has 1 fully saturated rings. The molecule has 1 heteroatoms. The first kappa shape index (κ1) is 26.8. The Hall–Kier alpha value is -4.62. The van der Waals surface area contributed by atoms with E-state index in [0.29, 0.717) is 29.6 Å². The number of hydrogen-bond acceptors (Lipinski definition) is 1. The average molecular weight is 583 g/mol. The van der Waals surface area contributed by atoms with Crippen LogP contribution in [0.1, 0.15) is 89.4 Å². The molecule has 0 N–H and O–H groups in total. The van der Waals surface area contributed by atoms with Crippen molar-refractivity contribution in [3.8, 4) is 0 Å². The van der Waals surface area contributed by atoms with Crippen LogP contribution in [0.2, 0.25) is 0 Å². The van der Waals surface area contributed by atoms with Crippen molar-refractivity contribution >= 4 is 33.4 Å². The third-order valence-electron chi connectivity index (χ3n) is 11.0. The summed E-state index contributed by atoms with van der Waals surface area (Å²) in [6, 6.07) is 45.1. The van der Waals surface area contributed by atoms with Crippen LogP contribution in [0.15, 0.2) is 138 Å². The van der Waals surface area contributed by atoms with Crippen molar-refractivity contribution in [3.05, 3.63) is 167 Å². The van der Waals surface area contributed by atoms with E-state index in [1.807, 2.05) is 0 Å². The molecule has 6 aromatic rings. The van der Waals surface area contributed by atoms with Crippen molar-refractivity contribution in [1.29, 1.82) is 0 Å². The average Bonchev–Trinajstić information content (AvgIpc) is 3.51. The quantitative estimate of drug-likeness (QED) is 0.188. The van der Waals surface area contributed by atoms with Crippen molar-refractivity contribution in [2.75, 3.05) is 0 Å². The van der Waals surface area contributed by atoms with Gasteiger partial charge in [-0.15, -0.1) is 0 Å². The van der Waals surface area contributed by atoms with Crippen LogP contribution in [-0.2, 0) is 0 Å². The van der Waals surface area contributed by atoms with Gasteiger partial charge in [-0.2, -0.15) is 0 Å². The molecular formula is C44H38O. The molecule has 5 aromatic carbocycles. The van der Waals surface area contributed by atoms with Gasteiger partial charge in [0.1, 0.15) is 11.3 Å². The summed E-state index contributed by atoms with van der Waals surface area (Å²) >= 11 is 0. The molecule has 5 unspecified atom stereocenters. The Morgan fingerprint density at radius 3 is 2.18 bits per heavy atom. The summed E-state index contributed by atoms with van der Waals surface area (Å²) in [4.78, 5) is 0. The molecule has 0 amide bonds. The summed E-state index contributed by atoms with van der Waals surface area (Å²) in [7, 11) is 0. The molecule has 1 heterocycles. The van der Waals surface area contributed by atoms with Crippen LogP contribution >= 0.6 is 0 Å². The molecule has 0 saturated heterocycles. The summed E-state index contributed by atoms with van der Waals surface area (Å²) in [6.45, 7) is 0. The van der Waals surface area contributed by atoms with Crippen LogP contribution < -0.4 is 0 Å². The minimum Gasteiger partial charge on any atom is -0.456 e. The number of hydrogen-bond donors (Lipinski definition) is 0. The molecule has 1 saturated carbocycles. The third kappa shape index (κ3) is 4.68. The van der Waals surface area contributed by atoms with Gasteiger partial charge in [0.2, 0.25) is 0 Å². The first-order valence-corrected chi connectivity index (χ1v) is 16.8. The van der Waals surface area contributed by atoms with Crippen LogP contribution in [0.4, 0.5) is 0 Å². The topological polar surface area (TPSA) is 13.1 Å². The Bertz CT molecular complexity index is 2060. The monoisotopic (exact) mass is 582 g/mol. The maximum atomic E-state index is 7.01. The van der Waals surface area contributed by atoms with Gasteiger partial charge in [-0.05, 0) is 100 Å². The Balaban J connectivity index is 1.16. The molecule has 9 rings (SSSR count). The van der Waals surface area contributed by atoms with Gasteiger partial charge in [-0.25, -0.2) is 0 Å². The van der Waals surface area contributed by atoms with Crippen LogP contribution in [0.25, 0.3) is 33.4 Å². The number of para-hydroxylation sites is 1. The molecule has 0 bridgehead atoms. The molecule has 5 atom stereocenters. The van der Waals surface area contributed by atoms with Gasteiger partial charge < -0.3 is 4.42 Å². The van der Waals surface area contributed by atoms with Gasteiger partial charge in [-0.3, -0.25) is 0 Å². The molecule has 220 valence electrons. The predicted molar refractivity (Wildman–Crippen MR) is 188 cm³/mol. The second kappa shape index (κ2) is 11.1. The maximum Gasteiger partial charge on any atom is 0.138 e. The molecule has 45 heavy (non-hydrogen) atoms. The van der Waals surface area contributed by atoms with E-state index in [4.69, 9.17) is 4.42 Å². The first-order chi connectivity index (χ1) is 22.3. The lowest BCUT2D eigenvalue weighted by Gasteiger charge is -2.36. The highest BCUT2D eigenvalue weighted by molar-refractivity contribution is 5.95. The number of fused-ring (bicyclic) bond motifs is 6. The lowest BCUT2D eigenvalue weighted by atomic mass is 9.68. The largest absolute Gasteiger partial charge is 0.456 e. The normalized spacial score (nSPS) is 24.3. The highest BCUT2D eigenvalue weighted by Crippen LogP contribution is 2.54. The first-order valence-electron chi connectivity index (χ1n) is 16.8. The van der Waals surface area contributed by atoms with Crippen LogP contribution in [0, 0.1) is 5.92 Å². The maximum absolute atomic E-state index is 7.01. The van der Waals surface area contributed by atoms with E-state index in [9.17, 15) is 0 Å². The summed E-state index contributed by atoms with van der Waals surface area (Å²) in [6.07, 6.45) is 13.0. The number of furan rings is 1. The number of allylic oxidation sites excluding steroid dienone is 3. The van der Waals surface area contributed by atoms with Crippen molar-refractivity contribution in [2.45, 2.75) is 55.8 Å². The summed E-state index contributed by atoms with van der Waals surface area (Å²) in [5, 5.41) is 3.99. The van der Waals surface area contributed by atoms with Crippen molar-refractivity contribution in [1.82, 2.24) is 0 Å². The minimum atomic E-state index is 0.396. The zero-order valence-corrected chi connectivity index (χ0v) is 25.6. The molecule has 1 nitrogen and oxygen atoms in total. The molecule has 3 aliphatic rings. The van der Waals surface area contributed by atoms with Gasteiger partial charge in [0.25, 0.3) is 0 Å². The lowest BCUT2D eigenvalue weighted by Crippen LogP contribution is -2.20. The van der Waals surface area contributed by atoms with Gasteiger partial charge in [0.15, 0.2) is 0 Å². The van der Waals surface area contributed by atoms with E-state index in [2.05, 4.69) is 140 Å². The zero-order valence-electron chi connectivity index (χ0n) is 25.6. The fraction of sp³-hybridized carbons (Fsp3) is 0.227. The third-order valence-corrected chi connectivity index (χ3v) is 11.0. The SMILES string of the molecule is C1=CC2C(c3ccccc3)=Cc3oc4c(C5CC(c6ccccc6)CC(c6ccc7ccccc7c6)C5)cccc4c3C2CC1. The molecule has 3 aliphatic carbocycles. The van der Waals surface area contributed by atoms with Crippen LogP contribution in [-0.4, -0.2) is 0 Å². The fourth-order valence-corrected chi connectivity index (χ4v) is 8.91. The second-order valence-electron chi connectivity index (χ2n) is 13.5. The number of benzene rings is 5. The molecule has 0 spiro atoms. The van der Waals surface area contributed by atoms with Crippen molar-refractivity contribution in [2.24, 2.45) is 5.92 Å².